The normalized spacial score (nSPS) is 19.0. The van der Waals surface area contributed by atoms with Gasteiger partial charge in [-0.25, -0.2) is 4.90 Å². The summed E-state index contributed by atoms with van der Waals surface area (Å²) >= 11 is 0. The Hall–Kier alpha value is -2.79. The van der Waals surface area contributed by atoms with Crippen molar-refractivity contribution in [3.8, 4) is 0 Å². The quantitative estimate of drug-likeness (QED) is 0.688. The number of hydrogen-bond donors (Lipinski definition) is 2. The van der Waals surface area contributed by atoms with Crippen LogP contribution in [0.1, 0.15) is 45.1 Å². The van der Waals surface area contributed by atoms with Crippen LogP contribution in [-0.4, -0.2) is 27.4 Å². The summed E-state index contributed by atoms with van der Waals surface area (Å²) in [4.78, 5) is 14.5. The molecule has 0 aliphatic carbocycles. The van der Waals surface area contributed by atoms with E-state index in [1.54, 1.807) is 23.1 Å². The fourth-order valence-electron chi connectivity index (χ4n) is 3.59. The molecule has 1 radical (unpaired) electrons. The van der Waals surface area contributed by atoms with Gasteiger partial charge in [0.05, 0.1) is 0 Å². The molecule has 135 valence electrons. The number of aliphatic hydroxyl groups excluding tert-OH is 2. The molecule has 4 heteroatoms. The average Bonchev–Trinajstić information content (AvgIpc) is 2.97. The van der Waals surface area contributed by atoms with Gasteiger partial charge in [0, 0.05) is 28.8 Å². The molecule has 4 rings (SSSR count). The van der Waals surface area contributed by atoms with Crippen LogP contribution < -0.4 is 0 Å². The van der Waals surface area contributed by atoms with Gasteiger partial charge in [0.15, 0.2) is 5.78 Å². The first-order valence-corrected chi connectivity index (χ1v) is 8.97. The third-order valence-corrected chi connectivity index (χ3v) is 5.03. The molecule has 0 spiro atoms. The molecule has 2 atom stereocenters. The molecule has 4 nitrogen and oxygen atoms in total. The molecule has 2 unspecified atom stereocenters. The number of carbonyl (C=O) groups excluding carboxylic acids is 1. The number of fused-ring (bicyclic) bond motifs is 1. The van der Waals surface area contributed by atoms with Crippen LogP contribution in [0.5, 0.6) is 0 Å². The van der Waals surface area contributed by atoms with Gasteiger partial charge in [-0.05, 0) is 18.1 Å². The molecule has 0 aromatic heterocycles. The second kappa shape index (κ2) is 7.45. The molecule has 27 heavy (non-hydrogen) atoms. The van der Waals surface area contributed by atoms with Crippen LogP contribution >= 0.6 is 0 Å². The number of rotatable bonds is 5. The molecule has 1 heterocycles. The van der Waals surface area contributed by atoms with Crippen LogP contribution in [0.4, 0.5) is 0 Å². The lowest BCUT2D eigenvalue weighted by atomic mass is 9.96. The van der Waals surface area contributed by atoms with Crippen LogP contribution in [0.2, 0.25) is 0 Å². The van der Waals surface area contributed by atoms with E-state index in [2.05, 4.69) is 6.07 Å². The molecular formula is C23H20NO3. The standard InChI is InChI=1S/C23H20NO3/c25-21(17-9-2-1-3-10-17)18-11-5-4-8-16(18)14-15-24-22(26)19-12-6-7-13-20(19)23(24)27/h1-10,12-13,22-23,26-27H,14-15H2. The minimum atomic E-state index is -0.850. The van der Waals surface area contributed by atoms with Crippen molar-refractivity contribution >= 4 is 5.78 Å². The summed E-state index contributed by atoms with van der Waals surface area (Å²) in [5.41, 5.74) is 3.45. The van der Waals surface area contributed by atoms with E-state index in [1.165, 1.54) is 0 Å². The molecule has 1 aliphatic heterocycles. The minimum absolute atomic E-state index is 0.0722. The van der Waals surface area contributed by atoms with Crippen LogP contribution in [-0.2, 0) is 6.42 Å². The van der Waals surface area contributed by atoms with Gasteiger partial charge in [0.1, 0.15) is 12.5 Å². The molecule has 0 saturated carbocycles. The third kappa shape index (κ3) is 3.30. The zero-order valence-corrected chi connectivity index (χ0v) is 14.7. The van der Waals surface area contributed by atoms with Gasteiger partial charge in [0.2, 0.25) is 0 Å². The minimum Gasteiger partial charge on any atom is -0.374 e. The van der Waals surface area contributed by atoms with E-state index in [9.17, 15) is 15.0 Å². The molecule has 0 amide bonds. The number of benzene rings is 3. The van der Waals surface area contributed by atoms with E-state index in [0.717, 1.165) is 16.7 Å². The highest BCUT2D eigenvalue weighted by Gasteiger charge is 2.35. The zero-order chi connectivity index (χ0) is 18.8. The van der Waals surface area contributed by atoms with Gasteiger partial charge >= 0.3 is 0 Å². The number of carbonyl (C=O) groups is 1. The lowest BCUT2D eigenvalue weighted by Crippen LogP contribution is -2.28. The molecule has 0 saturated heterocycles. The lowest BCUT2D eigenvalue weighted by molar-refractivity contribution is -0.0834. The Bertz CT molecular complexity index is 926. The number of hydrogen-bond acceptors (Lipinski definition) is 4. The van der Waals surface area contributed by atoms with Gasteiger partial charge in [0.25, 0.3) is 0 Å². The largest absolute Gasteiger partial charge is 0.374 e. The zero-order valence-electron chi connectivity index (χ0n) is 14.7. The Labute approximate surface area is 158 Å². The first-order valence-electron chi connectivity index (χ1n) is 8.97. The average molecular weight is 358 g/mol. The highest BCUT2D eigenvalue weighted by molar-refractivity contribution is 6.09. The maximum Gasteiger partial charge on any atom is 0.193 e. The third-order valence-electron chi connectivity index (χ3n) is 5.03. The number of ketones is 1. The highest BCUT2D eigenvalue weighted by atomic mass is 16.3. The fourth-order valence-corrected chi connectivity index (χ4v) is 3.59. The molecule has 0 bridgehead atoms. The fraction of sp³-hybridized carbons (Fsp3) is 0.174. The smallest absolute Gasteiger partial charge is 0.193 e. The van der Waals surface area contributed by atoms with Crippen LogP contribution in [0, 0.1) is 6.07 Å². The number of aliphatic hydroxyl groups is 2. The first kappa shape index (κ1) is 17.6. The highest BCUT2D eigenvalue weighted by Crippen LogP contribution is 2.38. The van der Waals surface area contributed by atoms with Crippen molar-refractivity contribution in [2.45, 2.75) is 18.9 Å². The van der Waals surface area contributed by atoms with Crippen LogP contribution in [0.3, 0.4) is 0 Å². The molecule has 1 aliphatic rings. The first-order chi connectivity index (χ1) is 13.2. The van der Waals surface area contributed by atoms with Gasteiger partial charge in [-0.15, -0.1) is 0 Å². The topological polar surface area (TPSA) is 60.8 Å². The van der Waals surface area contributed by atoms with Crippen molar-refractivity contribution in [2.75, 3.05) is 6.54 Å². The Morgan fingerprint density at radius 3 is 2.19 bits per heavy atom. The van der Waals surface area contributed by atoms with Crippen molar-refractivity contribution < 1.29 is 15.0 Å². The molecular weight excluding hydrogens is 338 g/mol. The van der Waals surface area contributed by atoms with Crippen molar-refractivity contribution in [2.24, 2.45) is 0 Å². The van der Waals surface area contributed by atoms with Crippen molar-refractivity contribution in [1.29, 1.82) is 0 Å². The van der Waals surface area contributed by atoms with E-state index in [-0.39, 0.29) is 5.78 Å². The predicted molar refractivity (Wildman–Crippen MR) is 102 cm³/mol. The maximum atomic E-state index is 12.8. The molecule has 2 N–H and O–H groups in total. The van der Waals surface area contributed by atoms with Crippen molar-refractivity contribution in [3.63, 3.8) is 0 Å². The van der Waals surface area contributed by atoms with Gasteiger partial charge in [-0.1, -0.05) is 72.8 Å². The van der Waals surface area contributed by atoms with Crippen molar-refractivity contribution in [3.05, 3.63) is 107 Å². The summed E-state index contributed by atoms with van der Waals surface area (Å²) < 4.78 is 0. The summed E-state index contributed by atoms with van der Waals surface area (Å²) in [6, 6.07) is 25.0. The summed E-state index contributed by atoms with van der Waals surface area (Å²) in [7, 11) is 0. The van der Waals surface area contributed by atoms with Crippen molar-refractivity contribution in [1.82, 2.24) is 4.90 Å². The summed E-state index contributed by atoms with van der Waals surface area (Å²) in [5.74, 6) is -0.0722. The predicted octanol–water partition coefficient (Wildman–Crippen LogP) is 3.26. The van der Waals surface area contributed by atoms with Crippen LogP contribution in [0.25, 0.3) is 0 Å². The lowest BCUT2D eigenvalue weighted by Gasteiger charge is -2.24. The second-order valence-electron chi connectivity index (χ2n) is 6.63. The number of nitrogens with zero attached hydrogens (tertiary/aromatic N) is 1. The van der Waals surface area contributed by atoms with E-state index in [0.29, 0.717) is 24.1 Å². The van der Waals surface area contributed by atoms with E-state index in [4.69, 9.17) is 0 Å². The SMILES string of the molecule is O=C(c1ccccc1)c1[c]cccc1CCN1C(O)c2ccccc2C1O. The molecule has 0 fully saturated rings. The Balaban J connectivity index is 1.54. The van der Waals surface area contributed by atoms with Gasteiger partial charge in [-0.2, -0.15) is 0 Å². The maximum absolute atomic E-state index is 12.8. The summed E-state index contributed by atoms with van der Waals surface area (Å²) in [6.45, 7) is 0.421. The van der Waals surface area contributed by atoms with E-state index >= 15 is 0 Å². The summed E-state index contributed by atoms with van der Waals surface area (Å²) in [6.07, 6.45) is -1.18. The Kier molecular flexibility index (Phi) is 4.86. The van der Waals surface area contributed by atoms with Crippen LogP contribution in [0.15, 0.2) is 72.8 Å². The van der Waals surface area contributed by atoms with E-state index in [1.807, 2.05) is 54.6 Å². The van der Waals surface area contributed by atoms with Gasteiger partial charge in [-0.3, -0.25) is 4.79 Å². The monoisotopic (exact) mass is 358 g/mol. The van der Waals surface area contributed by atoms with Gasteiger partial charge < -0.3 is 10.2 Å². The van der Waals surface area contributed by atoms with E-state index < -0.39 is 12.5 Å². The molecule has 3 aromatic rings. The second-order valence-corrected chi connectivity index (χ2v) is 6.63. The molecule has 3 aromatic carbocycles. The Morgan fingerprint density at radius 1 is 0.889 bits per heavy atom. The summed E-state index contributed by atoms with van der Waals surface area (Å²) in [5, 5.41) is 21.1. The Morgan fingerprint density at radius 2 is 1.52 bits per heavy atom.